The second-order valence-electron chi connectivity index (χ2n) is 5.44. The molecular formula is C19H22N2O4. The minimum Gasteiger partial charge on any atom is -0.497 e. The maximum atomic E-state index is 12.4. The quantitative estimate of drug-likeness (QED) is 0.808. The Labute approximate surface area is 147 Å². The molecule has 1 atom stereocenters. The van der Waals surface area contributed by atoms with Crippen molar-refractivity contribution in [3.05, 3.63) is 48.5 Å². The Morgan fingerprint density at radius 2 is 1.44 bits per heavy atom. The van der Waals surface area contributed by atoms with E-state index in [1.807, 2.05) is 6.92 Å². The van der Waals surface area contributed by atoms with Crippen molar-refractivity contribution >= 4 is 23.2 Å². The number of amides is 2. The molecule has 0 fully saturated rings. The van der Waals surface area contributed by atoms with Crippen LogP contribution in [0.1, 0.15) is 20.3 Å². The Bertz CT molecular complexity index is 711. The zero-order valence-electron chi connectivity index (χ0n) is 14.5. The van der Waals surface area contributed by atoms with E-state index in [1.54, 1.807) is 55.6 Å². The van der Waals surface area contributed by atoms with Crippen LogP contribution >= 0.6 is 0 Å². The summed E-state index contributed by atoms with van der Waals surface area (Å²) >= 11 is 0. The second-order valence-corrected chi connectivity index (χ2v) is 5.44. The number of ether oxygens (including phenoxy) is 2. The molecule has 0 aromatic heterocycles. The van der Waals surface area contributed by atoms with Crippen molar-refractivity contribution < 1.29 is 19.1 Å². The molecule has 2 aromatic rings. The van der Waals surface area contributed by atoms with E-state index in [4.69, 9.17) is 9.47 Å². The Morgan fingerprint density at radius 3 is 1.92 bits per heavy atom. The van der Waals surface area contributed by atoms with Gasteiger partial charge in [0.25, 0.3) is 5.91 Å². The van der Waals surface area contributed by atoms with Crippen molar-refractivity contribution in [2.24, 2.45) is 0 Å². The summed E-state index contributed by atoms with van der Waals surface area (Å²) < 4.78 is 10.8. The van der Waals surface area contributed by atoms with Gasteiger partial charge in [0.2, 0.25) is 5.91 Å². The summed E-state index contributed by atoms with van der Waals surface area (Å²) in [5.74, 6) is 0.953. The van der Waals surface area contributed by atoms with E-state index in [2.05, 4.69) is 10.6 Å². The van der Waals surface area contributed by atoms with Crippen LogP contribution in [0.4, 0.5) is 11.4 Å². The van der Waals surface area contributed by atoms with Crippen molar-refractivity contribution in [1.82, 2.24) is 0 Å². The number of benzene rings is 2. The lowest BCUT2D eigenvalue weighted by Crippen LogP contribution is -2.32. The Morgan fingerprint density at radius 1 is 0.920 bits per heavy atom. The molecule has 0 heterocycles. The van der Waals surface area contributed by atoms with Crippen LogP contribution in [0.5, 0.6) is 11.5 Å². The molecule has 2 amide bonds. The number of anilines is 2. The molecule has 0 aliphatic rings. The smallest absolute Gasteiger partial charge is 0.265 e. The summed E-state index contributed by atoms with van der Waals surface area (Å²) in [6.07, 6.45) is -0.0783. The lowest BCUT2D eigenvalue weighted by molar-refractivity contribution is -0.122. The van der Waals surface area contributed by atoms with E-state index in [-0.39, 0.29) is 11.8 Å². The minimum absolute atomic E-state index is 0.143. The zero-order chi connectivity index (χ0) is 18.2. The van der Waals surface area contributed by atoms with Gasteiger partial charge in [-0.1, -0.05) is 6.92 Å². The highest BCUT2D eigenvalue weighted by Gasteiger charge is 2.18. The first kappa shape index (κ1) is 18.3. The molecule has 0 aliphatic heterocycles. The van der Waals surface area contributed by atoms with Crippen LogP contribution in [-0.4, -0.2) is 25.0 Å². The largest absolute Gasteiger partial charge is 0.497 e. The molecule has 0 saturated heterocycles. The van der Waals surface area contributed by atoms with Gasteiger partial charge in [0.05, 0.1) is 7.11 Å². The fourth-order valence-electron chi connectivity index (χ4n) is 2.20. The van der Waals surface area contributed by atoms with Crippen molar-refractivity contribution in [2.45, 2.75) is 26.4 Å². The van der Waals surface area contributed by atoms with Crippen molar-refractivity contribution in [1.29, 1.82) is 0 Å². The topological polar surface area (TPSA) is 76.7 Å². The van der Waals surface area contributed by atoms with Crippen molar-refractivity contribution in [3.8, 4) is 11.5 Å². The normalized spacial score (nSPS) is 11.3. The monoisotopic (exact) mass is 342 g/mol. The van der Waals surface area contributed by atoms with Crippen LogP contribution in [0.3, 0.4) is 0 Å². The summed E-state index contributed by atoms with van der Waals surface area (Å²) in [5, 5.41) is 5.49. The van der Waals surface area contributed by atoms with E-state index in [0.29, 0.717) is 23.5 Å². The van der Waals surface area contributed by atoms with Crippen LogP contribution < -0.4 is 20.1 Å². The number of carbonyl (C=O) groups is 2. The summed E-state index contributed by atoms with van der Waals surface area (Å²) in [4.78, 5) is 23.4. The Kier molecular flexibility index (Phi) is 6.39. The second kappa shape index (κ2) is 8.73. The van der Waals surface area contributed by atoms with Gasteiger partial charge in [-0.2, -0.15) is 0 Å². The van der Waals surface area contributed by atoms with Crippen LogP contribution in [0.2, 0.25) is 0 Å². The molecule has 0 aliphatic carbocycles. The number of rotatable bonds is 7. The molecule has 2 rings (SSSR count). The van der Waals surface area contributed by atoms with Crippen LogP contribution in [0, 0.1) is 0 Å². The highest BCUT2D eigenvalue weighted by atomic mass is 16.5. The first-order chi connectivity index (χ1) is 12.0. The van der Waals surface area contributed by atoms with Gasteiger partial charge in [-0.3, -0.25) is 9.59 Å². The van der Waals surface area contributed by atoms with Gasteiger partial charge in [0.1, 0.15) is 11.5 Å². The minimum atomic E-state index is -0.608. The maximum absolute atomic E-state index is 12.4. The first-order valence-electron chi connectivity index (χ1n) is 8.01. The predicted octanol–water partition coefficient (Wildman–Crippen LogP) is 3.45. The number of carbonyl (C=O) groups excluding carboxylic acids is 2. The number of hydrogen-bond acceptors (Lipinski definition) is 4. The van der Waals surface area contributed by atoms with Crippen molar-refractivity contribution in [3.63, 3.8) is 0 Å². The molecular weight excluding hydrogens is 320 g/mol. The van der Waals surface area contributed by atoms with Crippen LogP contribution in [-0.2, 0) is 9.59 Å². The lowest BCUT2D eigenvalue weighted by Gasteiger charge is -2.17. The molecule has 132 valence electrons. The molecule has 6 heteroatoms. The molecule has 0 spiro atoms. The predicted molar refractivity (Wildman–Crippen MR) is 97.1 cm³/mol. The van der Waals surface area contributed by atoms with Gasteiger partial charge in [-0.25, -0.2) is 0 Å². The summed E-state index contributed by atoms with van der Waals surface area (Å²) in [5.41, 5.74) is 1.31. The van der Waals surface area contributed by atoms with E-state index < -0.39 is 6.10 Å². The fourth-order valence-corrected chi connectivity index (χ4v) is 2.20. The van der Waals surface area contributed by atoms with Gasteiger partial charge in [-0.05, 0) is 55.0 Å². The molecule has 2 aromatic carbocycles. The molecule has 0 radical (unpaired) electrons. The molecule has 2 N–H and O–H groups in total. The Hall–Kier alpha value is -3.02. The zero-order valence-corrected chi connectivity index (χ0v) is 14.5. The van der Waals surface area contributed by atoms with Crippen molar-refractivity contribution in [2.75, 3.05) is 17.7 Å². The average Bonchev–Trinajstić information content (AvgIpc) is 2.61. The summed E-state index contributed by atoms with van der Waals surface area (Å²) in [6, 6.07) is 14.0. The third kappa shape index (κ3) is 5.53. The summed E-state index contributed by atoms with van der Waals surface area (Å²) in [6.45, 7) is 3.33. The van der Waals surface area contributed by atoms with Gasteiger partial charge >= 0.3 is 0 Å². The van der Waals surface area contributed by atoms with Gasteiger partial charge in [0, 0.05) is 18.3 Å². The highest BCUT2D eigenvalue weighted by Crippen LogP contribution is 2.20. The van der Waals surface area contributed by atoms with E-state index in [0.717, 1.165) is 5.75 Å². The summed E-state index contributed by atoms with van der Waals surface area (Å²) in [7, 11) is 1.59. The van der Waals surface area contributed by atoms with E-state index in [9.17, 15) is 9.59 Å². The third-order valence-electron chi connectivity index (χ3n) is 3.47. The van der Waals surface area contributed by atoms with Gasteiger partial charge in [0.15, 0.2) is 6.10 Å². The molecule has 25 heavy (non-hydrogen) atoms. The van der Waals surface area contributed by atoms with Gasteiger partial charge < -0.3 is 20.1 Å². The van der Waals surface area contributed by atoms with Gasteiger partial charge in [-0.15, -0.1) is 0 Å². The van der Waals surface area contributed by atoms with Crippen LogP contribution in [0.25, 0.3) is 0 Å². The number of nitrogens with one attached hydrogen (secondary N) is 2. The number of hydrogen-bond donors (Lipinski definition) is 2. The molecule has 0 bridgehead atoms. The number of methoxy groups -OCH3 is 1. The molecule has 1 unspecified atom stereocenters. The van der Waals surface area contributed by atoms with E-state index >= 15 is 0 Å². The van der Waals surface area contributed by atoms with Crippen LogP contribution in [0.15, 0.2) is 48.5 Å². The Balaban J connectivity index is 1.97. The lowest BCUT2D eigenvalue weighted by atomic mass is 10.2. The maximum Gasteiger partial charge on any atom is 0.265 e. The SMILES string of the molecule is CCC(Oc1ccc(OC)cc1)C(=O)Nc1ccc(NC(C)=O)cc1. The fraction of sp³-hybridized carbons (Fsp3) is 0.263. The molecule has 6 nitrogen and oxygen atoms in total. The first-order valence-corrected chi connectivity index (χ1v) is 8.01. The van der Waals surface area contributed by atoms with E-state index in [1.165, 1.54) is 6.92 Å². The highest BCUT2D eigenvalue weighted by molar-refractivity contribution is 5.95. The molecule has 0 saturated carbocycles. The third-order valence-corrected chi connectivity index (χ3v) is 3.47. The standard InChI is InChI=1S/C19H22N2O4/c1-4-18(25-17-11-9-16(24-3)10-12-17)19(23)21-15-7-5-14(6-8-15)20-13(2)22/h5-12,18H,4H2,1-3H3,(H,20,22)(H,21,23). The average molecular weight is 342 g/mol.